The fraction of sp³-hybridized carbons (Fsp3) is 0.400. The maximum atomic E-state index is 12.9. The molecule has 7 nitrogen and oxygen atoms in total. The van der Waals surface area contributed by atoms with Crippen molar-refractivity contribution < 1.29 is 18.8 Å². The largest absolute Gasteiger partial charge is 0.368 e. The Kier molecular flexibility index (Phi) is 4.14. The highest BCUT2D eigenvalue weighted by molar-refractivity contribution is 6.05. The standard InChI is InChI=1S/C15H17FN4O3/c16-10-1-3-11(4-2-10)19-5-7-20(8-6-19)13(21)9-12-14(22)18-15(23)17-12/h1-4,12H,5-9H2,(H2,17,18,22,23). The molecule has 0 spiro atoms. The molecule has 2 aliphatic heterocycles. The zero-order chi connectivity index (χ0) is 16.4. The number of hydrogen-bond donors (Lipinski definition) is 2. The van der Waals surface area contributed by atoms with E-state index in [1.165, 1.54) is 12.1 Å². The highest BCUT2D eigenvalue weighted by Crippen LogP contribution is 2.17. The number of imide groups is 1. The summed E-state index contributed by atoms with van der Waals surface area (Å²) in [6.45, 7) is 2.33. The Morgan fingerprint density at radius 2 is 1.78 bits per heavy atom. The van der Waals surface area contributed by atoms with Crippen molar-refractivity contribution in [3.8, 4) is 0 Å². The van der Waals surface area contributed by atoms with Crippen molar-refractivity contribution in [2.45, 2.75) is 12.5 Å². The molecule has 3 rings (SSSR count). The third kappa shape index (κ3) is 3.41. The van der Waals surface area contributed by atoms with Crippen LogP contribution in [0.3, 0.4) is 0 Å². The lowest BCUT2D eigenvalue weighted by Gasteiger charge is -2.36. The van der Waals surface area contributed by atoms with E-state index in [1.54, 1.807) is 17.0 Å². The second-order valence-electron chi connectivity index (χ2n) is 5.56. The fourth-order valence-corrected chi connectivity index (χ4v) is 2.77. The van der Waals surface area contributed by atoms with Gasteiger partial charge < -0.3 is 15.1 Å². The van der Waals surface area contributed by atoms with Crippen molar-refractivity contribution in [3.63, 3.8) is 0 Å². The second-order valence-corrected chi connectivity index (χ2v) is 5.56. The van der Waals surface area contributed by atoms with Crippen LogP contribution in [-0.4, -0.2) is 55.0 Å². The van der Waals surface area contributed by atoms with Crippen molar-refractivity contribution in [1.82, 2.24) is 15.5 Å². The minimum atomic E-state index is -0.787. The van der Waals surface area contributed by atoms with Gasteiger partial charge in [0.05, 0.1) is 6.42 Å². The monoisotopic (exact) mass is 320 g/mol. The van der Waals surface area contributed by atoms with Crippen LogP contribution in [0.2, 0.25) is 0 Å². The first-order chi connectivity index (χ1) is 11.0. The number of hydrogen-bond acceptors (Lipinski definition) is 4. The van der Waals surface area contributed by atoms with E-state index >= 15 is 0 Å². The molecule has 1 aromatic carbocycles. The van der Waals surface area contributed by atoms with Gasteiger partial charge in [0.15, 0.2) is 0 Å². The van der Waals surface area contributed by atoms with Gasteiger partial charge in [-0.15, -0.1) is 0 Å². The summed E-state index contributed by atoms with van der Waals surface area (Å²) in [5, 5.41) is 4.53. The van der Waals surface area contributed by atoms with E-state index in [4.69, 9.17) is 0 Å². The van der Waals surface area contributed by atoms with Crippen LogP contribution in [0.1, 0.15) is 6.42 Å². The van der Waals surface area contributed by atoms with E-state index in [0.29, 0.717) is 26.2 Å². The summed E-state index contributed by atoms with van der Waals surface area (Å²) in [5.74, 6) is -0.904. The Hall–Kier alpha value is -2.64. The Morgan fingerprint density at radius 3 is 2.35 bits per heavy atom. The van der Waals surface area contributed by atoms with Gasteiger partial charge in [-0.25, -0.2) is 9.18 Å². The summed E-state index contributed by atoms with van der Waals surface area (Å²) < 4.78 is 12.9. The van der Waals surface area contributed by atoms with Gasteiger partial charge in [0.25, 0.3) is 5.91 Å². The van der Waals surface area contributed by atoms with Crippen LogP contribution in [0, 0.1) is 5.82 Å². The van der Waals surface area contributed by atoms with E-state index in [9.17, 15) is 18.8 Å². The highest BCUT2D eigenvalue weighted by Gasteiger charge is 2.33. The molecule has 0 saturated carbocycles. The zero-order valence-electron chi connectivity index (χ0n) is 12.4. The number of carbonyl (C=O) groups excluding carboxylic acids is 3. The molecule has 4 amide bonds. The molecular weight excluding hydrogens is 303 g/mol. The minimum Gasteiger partial charge on any atom is -0.368 e. The molecule has 2 saturated heterocycles. The Labute approximate surface area is 132 Å². The predicted molar refractivity (Wildman–Crippen MR) is 80.3 cm³/mol. The van der Waals surface area contributed by atoms with E-state index < -0.39 is 18.0 Å². The van der Waals surface area contributed by atoms with Gasteiger partial charge in [0.2, 0.25) is 5.91 Å². The van der Waals surface area contributed by atoms with Gasteiger partial charge in [0.1, 0.15) is 11.9 Å². The number of amides is 4. The maximum Gasteiger partial charge on any atom is 0.322 e. The van der Waals surface area contributed by atoms with Gasteiger partial charge in [-0.1, -0.05) is 0 Å². The lowest BCUT2D eigenvalue weighted by molar-refractivity contribution is -0.134. The summed E-state index contributed by atoms with van der Waals surface area (Å²) in [6.07, 6.45) is -0.0336. The summed E-state index contributed by atoms with van der Waals surface area (Å²) in [4.78, 5) is 38.5. The van der Waals surface area contributed by atoms with E-state index in [0.717, 1.165) is 5.69 Å². The maximum absolute atomic E-state index is 12.9. The van der Waals surface area contributed by atoms with E-state index in [2.05, 4.69) is 15.5 Å². The number of rotatable bonds is 3. The van der Waals surface area contributed by atoms with Crippen LogP contribution >= 0.6 is 0 Å². The number of urea groups is 1. The Bertz CT molecular complexity index is 626. The SMILES string of the molecule is O=C1NC(=O)C(CC(=O)N2CCN(c3ccc(F)cc3)CC2)N1. The topological polar surface area (TPSA) is 81.8 Å². The molecule has 0 aromatic heterocycles. The van der Waals surface area contributed by atoms with Gasteiger partial charge in [0, 0.05) is 31.9 Å². The molecule has 2 N–H and O–H groups in total. The van der Waals surface area contributed by atoms with Gasteiger partial charge >= 0.3 is 6.03 Å². The third-order valence-electron chi connectivity index (χ3n) is 4.06. The quantitative estimate of drug-likeness (QED) is 0.773. The Morgan fingerprint density at radius 1 is 1.13 bits per heavy atom. The fourth-order valence-electron chi connectivity index (χ4n) is 2.77. The van der Waals surface area contributed by atoms with Crippen LogP contribution < -0.4 is 15.5 Å². The minimum absolute atomic E-state index is 0.0336. The lowest BCUT2D eigenvalue weighted by Crippen LogP contribution is -2.50. The second kappa shape index (κ2) is 6.23. The van der Waals surface area contributed by atoms with Gasteiger partial charge in [-0.3, -0.25) is 14.9 Å². The predicted octanol–water partition coefficient (Wildman–Crippen LogP) is 0.0724. The van der Waals surface area contributed by atoms with Crippen LogP contribution in [0.5, 0.6) is 0 Å². The molecule has 2 aliphatic rings. The highest BCUT2D eigenvalue weighted by atomic mass is 19.1. The molecule has 2 heterocycles. The van der Waals surface area contributed by atoms with Crippen LogP contribution in [0.25, 0.3) is 0 Å². The number of piperazine rings is 1. The van der Waals surface area contributed by atoms with Crippen LogP contribution in [0.15, 0.2) is 24.3 Å². The molecule has 1 aromatic rings. The van der Waals surface area contributed by atoms with Crippen LogP contribution in [-0.2, 0) is 9.59 Å². The Balaban J connectivity index is 1.52. The van der Waals surface area contributed by atoms with Crippen molar-refractivity contribution in [2.75, 3.05) is 31.1 Å². The molecular formula is C15H17FN4O3. The number of nitrogens with zero attached hydrogens (tertiary/aromatic N) is 2. The van der Waals surface area contributed by atoms with E-state index in [1.807, 2.05) is 0 Å². The van der Waals surface area contributed by atoms with Gasteiger partial charge in [-0.2, -0.15) is 0 Å². The number of anilines is 1. The molecule has 2 fully saturated rings. The summed E-state index contributed by atoms with van der Waals surface area (Å²) in [5.41, 5.74) is 0.918. The number of nitrogens with one attached hydrogen (secondary N) is 2. The summed E-state index contributed by atoms with van der Waals surface area (Å²) in [6, 6.07) is 4.90. The first-order valence-corrected chi connectivity index (χ1v) is 7.42. The molecule has 1 unspecified atom stereocenters. The molecule has 0 aliphatic carbocycles. The smallest absolute Gasteiger partial charge is 0.322 e. The molecule has 122 valence electrons. The normalized spacial score (nSPS) is 21.2. The number of benzene rings is 1. The first kappa shape index (κ1) is 15.3. The zero-order valence-corrected chi connectivity index (χ0v) is 12.4. The van der Waals surface area contributed by atoms with Crippen molar-refractivity contribution >= 4 is 23.5 Å². The molecule has 0 radical (unpaired) electrons. The van der Waals surface area contributed by atoms with Crippen molar-refractivity contribution in [2.24, 2.45) is 0 Å². The molecule has 0 bridgehead atoms. The van der Waals surface area contributed by atoms with Gasteiger partial charge in [-0.05, 0) is 24.3 Å². The van der Waals surface area contributed by atoms with Crippen molar-refractivity contribution in [3.05, 3.63) is 30.1 Å². The number of carbonyl (C=O) groups is 3. The molecule has 23 heavy (non-hydrogen) atoms. The van der Waals surface area contributed by atoms with Crippen LogP contribution in [0.4, 0.5) is 14.9 Å². The molecule has 8 heteroatoms. The molecule has 1 atom stereocenters. The van der Waals surface area contributed by atoms with Crippen molar-refractivity contribution in [1.29, 1.82) is 0 Å². The average Bonchev–Trinajstić information content (AvgIpc) is 2.86. The average molecular weight is 320 g/mol. The summed E-state index contributed by atoms with van der Waals surface area (Å²) in [7, 11) is 0. The van der Waals surface area contributed by atoms with E-state index in [-0.39, 0.29) is 18.1 Å². The number of halogens is 1. The lowest BCUT2D eigenvalue weighted by atomic mass is 10.1. The third-order valence-corrected chi connectivity index (χ3v) is 4.06. The first-order valence-electron chi connectivity index (χ1n) is 7.42. The summed E-state index contributed by atoms with van der Waals surface area (Å²) >= 11 is 0.